The molecule has 0 fully saturated rings. The van der Waals surface area contributed by atoms with E-state index in [2.05, 4.69) is 158 Å². The van der Waals surface area contributed by atoms with E-state index in [0.29, 0.717) is 5.71 Å². The lowest BCUT2D eigenvalue weighted by Crippen LogP contribution is -2.28. The molecule has 1 aromatic heterocycles. The van der Waals surface area contributed by atoms with Crippen LogP contribution in [0.25, 0.3) is 28.1 Å². The zero-order valence-electron chi connectivity index (χ0n) is 32.0. The van der Waals surface area contributed by atoms with E-state index < -0.39 is 0 Å². The Kier molecular flexibility index (Phi) is 9.03. The molecule has 2 unspecified atom stereocenters. The van der Waals surface area contributed by atoms with E-state index in [9.17, 15) is 0 Å². The maximum atomic E-state index is 9.05. The number of hydrogen-bond acceptors (Lipinski definition) is 3. The molecule has 0 bridgehead atoms. The SMILES string of the molecule is C/C1=C\C(c2ccc3c(c2)c2c(n3C=Nc3ccccc3C(=N)c3ccccc3)C=CC(C)(c3ccccc3)C2)=C/C(C)N(c2ccccc2)c2ccccc21. The standard InChI is InChI=1S/C52H44N4/c1-36-31-40(32-37(2)56(42-21-11-6-12-22-42)50-26-16-14-23-43(36)50)39-27-28-48-45(33-39)46-34-52(3,41-19-9-5-10-20-41)30-29-49(46)55(48)35-54-47-25-15-13-24-44(47)51(53)38-17-7-4-8-18-38/h4-33,35,37,53H,34H2,1-3H3/b36-31+,40-32+,53-51?,54-35?. The highest BCUT2D eigenvalue weighted by Gasteiger charge is 2.31. The van der Waals surface area contributed by atoms with Crippen molar-refractivity contribution in [2.75, 3.05) is 4.90 Å². The topological polar surface area (TPSA) is 44.4 Å². The highest BCUT2D eigenvalue weighted by Crippen LogP contribution is 2.42. The molecule has 0 radical (unpaired) electrons. The first-order valence-electron chi connectivity index (χ1n) is 19.4. The Morgan fingerprint density at radius 3 is 2.25 bits per heavy atom. The zero-order valence-corrected chi connectivity index (χ0v) is 32.0. The van der Waals surface area contributed by atoms with Crippen LogP contribution in [0.1, 0.15) is 59.8 Å². The summed E-state index contributed by atoms with van der Waals surface area (Å²) in [7, 11) is 0. The second kappa shape index (κ2) is 14.5. The second-order valence-electron chi connectivity index (χ2n) is 15.2. The normalized spacial score (nSPS) is 19.7. The lowest BCUT2D eigenvalue weighted by molar-refractivity contribution is 0.588. The van der Waals surface area contributed by atoms with Gasteiger partial charge >= 0.3 is 0 Å². The fourth-order valence-corrected chi connectivity index (χ4v) is 8.53. The molecule has 2 atom stereocenters. The lowest BCUT2D eigenvalue weighted by atomic mass is 9.74. The maximum absolute atomic E-state index is 9.05. The number of allylic oxidation sites excluding steroid dienone is 4. The zero-order chi connectivity index (χ0) is 38.2. The Bertz CT molecular complexity index is 2710. The molecule has 56 heavy (non-hydrogen) atoms. The molecule has 2 heterocycles. The van der Waals surface area contributed by atoms with E-state index in [-0.39, 0.29) is 11.5 Å². The molecule has 1 aliphatic carbocycles. The third-order valence-electron chi connectivity index (χ3n) is 11.4. The molecule has 272 valence electrons. The van der Waals surface area contributed by atoms with Gasteiger partial charge in [0, 0.05) is 38.9 Å². The Morgan fingerprint density at radius 1 is 0.786 bits per heavy atom. The predicted molar refractivity (Wildman–Crippen MR) is 237 cm³/mol. The van der Waals surface area contributed by atoms with Crippen molar-refractivity contribution in [2.45, 2.75) is 38.6 Å². The summed E-state index contributed by atoms with van der Waals surface area (Å²) in [6.07, 6.45) is 12.2. The summed E-state index contributed by atoms with van der Waals surface area (Å²) in [5, 5.41) is 10.3. The summed E-state index contributed by atoms with van der Waals surface area (Å²) in [6, 6.07) is 55.1. The van der Waals surface area contributed by atoms with Crippen molar-refractivity contribution in [3.63, 3.8) is 0 Å². The molecule has 4 heteroatoms. The van der Waals surface area contributed by atoms with E-state index in [1.54, 1.807) is 0 Å². The number of para-hydroxylation sites is 3. The fourth-order valence-electron chi connectivity index (χ4n) is 8.53. The summed E-state index contributed by atoms with van der Waals surface area (Å²) in [5.41, 5.74) is 14.8. The Morgan fingerprint density at radius 2 is 1.46 bits per heavy atom. The van der Waals surface area contributed by atoms with Crippen molar-refractivity contribution in [1.29, 1.82) is 5.41 Å². The van der Waals surface area contributed by atoms with Crippen LogP contribution in [0.15, 0.2) is 181 Å². The van der Waals surface area contributed by atoms with Gasteiger partial charge in [-0.1, -0.05) is 146 Å². The van der Waals surface area contributed by atoms with Gasteiger partial charge in [-0.2, -0.15) is 0 Å². The van der Waals surface area contributed by atoms with Gasteiger partial charge in [-0.3, -0.25) is 5.41 Å². The minimum Gasteiger partial charge on any atom is -0.334 e. The Balaban J connectivity index is 1.19. The van der Waals surface area contributed by atoms with Crippen molar-refractivity contribution in [3.8, 4) is 0 Å². The minimum atomic E-state index is -0.164. The molecule has 9 rings (SSSR count). The van der Waals surface area contributed by atoms with Gasteiger partial charge in [0.25, 0.3) is 0 Å². The molecule has 1 N–H and O–H groups in total. The smallest absolute Gasteiger partial charge is 0.100 e. The fraction of sp³-hybridized carbons (Fsp3) is 0.115. The molecular formula is C52H44N4. The predicted octanol–water partition coefficient (Wildman–Crippen LogP) is 12.8. The number of benzene rings is 6. The van der Waals surface area contributed by atoms with E-state index in [0.717, 1.165) is 34.4 Å². The molecule has 0 saturated heterocycles. The molecule has 1 aliphatic heterocycles. The monoisotopic (exact) mass is 724 g/mol. The van der Waals surface area contributed by atoms with Crippen LogP contribution in [0.2, 0.25) is 0 Å². The van der Waals surface area contributed by atoms with Gasteiger partial charge in [-0.25, -0.2) is 4.99 Å². The van der Waals surface area contributed by atoms with Crippen molar-refractivity contribution < 1.29 is 0 Å². The number of aliphatic imine (C=N–C) groups is 1. The van der Waals surface area contributed by atoms with Crippen LogP contribution in [0.3, 0.4) is 0 Å². The summed E-state index contributed by atoms with van der Waals surface area (Å²) >= 11 is 0. The highest BCUT2D eigenvalue weighted by atomic mass is 15.2. The number of nitrogens with one attached hydrogen (secondary N) is 1. The van der Waals surface area contributed by atoms with E-state index in [4.69, 9.17) is 10.4 Å². The molecular weight excluding hydrogens is 681 g/mol. The summed E-state index contributed by atoms with van der Waals surface area (Å²) in [5.74, 6) is 0. The number of rotatable bonds is 7. The number of hydrogen-bond donors (Lipinski definition) is 1. The third-order valence-corrected chi connectivity index (χ3v) is 11.4. The first-order chi connectivity index (χ1) is 27.4. The quantitative estimate of drug-likeness (QED) is 0.129. The van der Waals surface area contributed by atoms with Gasteiger partial charge in [-0.05, 0) is 90.6 Å². The largest absolute Gasteiger partial charge is 0.334 e. The van der Waals surface area contributed by atoms with Gasteiger partial charge in [-0.15, -0.1) is 0 Å². The molecule has 6 aromatic carbocycles. The average molecular weight is 725 g/mol. The van der Waals surface area contributed by atoms with Crippen molar-refractivity contribution >= 4 is 57.2 Å². The van der Waals surface area contributed by atoms with E-state index in [1.807, 2.05) is 60.9 Å². The van der Waals surface area contributed by atoms with Gasteiger partial charge < -0.3 is 9.47 Å². The highest BCUT2D eigenvalue weighted by molar-refractivity contribution is 6.14. The first-order valence-corrected chi connectivity index (χ1v) is 19.4. The summed E-state index contributed by atoms with van der Waals surface area (Å²) in [4.78, 5) is 7.55. The molecule has 0 saturated carbocycles. The molecule has 4 nitrogen and oxygen atoms in total. The van der Waals surface area contributed by atoms with Gasteiger partial charge in [0.05, 0.1) is 28.7 Å². The Hall–Kier alpha value is -6.78. The number of aromatic nitrogens is 1. The molecule has 2 aliphatic rings. The number of nitrogens with zero attached hydrogens (tertiary/aromatic N) is 3. The van der Waals surface area contributed by atoms with E-state index in [1.165, 1.54) is 50.2 Å². The van der Waals surface area contributed by atoms with Crippen LogP contribution in [-0.4, -0.2) is 22.7 Å². The average Bonchev–Trinajstić information content (AvgIpc) is 3.54. The number of fused-ring (bicyclic) bond motifs is 4. The minimum absolute atomic E-state index is 0.0956. The number of anilines is 2. The van der Waals surface area contributed by atoms with Crippen LogP contribution in [0.4, 0.5) is 17.1 Å². The van der Waals surface area contributed by atoms with Crippen molar-refractivity contribution in [3.05, 3.63) is 215 Å². The molecule has 0 spiro atoms. The lowest BCUT2D eigenvalue weighted by Gasteiger charge is -2.33. The van der Waals surface area contributed by atoms with Gasteiger partial charge in [0.15, 0.2) is 0 Å². The van der Waals surface area contributed by atoms with Crippen LogP contribution >= 0.6 is 0 Å². The summed E-state index contributed by atoms with van der Waals surface area (Å²) in [6.45, 7) is 6.86. The second-order valence-corrected chi connectivity index (χ2v) is 15.2. The summed E-state index contributed by atoms with van der Waals surface area (Å²) < 4.78 is 2.24. The molecule has 7 aromatic rings. The van der Waals surface area contributed by atoms with Crippen molar-refractivity contribution in [2.24, 2.45) is 4.99 Å². The molecule has 0 amide bonds. The van der Waals surface area contributed by atoms with Crippen LogP contribution in [-0.2, 0) is 11.8 Å². The van der Waals surface area contributed by atoms with Gasteiger partial charge in [0.2, 0.25) is 0 Å². The van der Waals surface area contributed by atoms with Crippen LogP contribution in [0.5, 0.6) is 0 Å². The third kappa shape index (κ3) is 6.33. The first kappa shape index (κ1) is 35.0. The van der Waals surface area contributed by atoms with Crippen LogP contribution < -0.4 is 4.90 Å². The van der Waals surface area contributed by atoms with Crippen LogP contribution in [0, 0.1) is 5.41 Å². The maximum Gasteiger partial charge on any atom is 0.100 e. The Labute approximate surface area is 329 Å². The van der Waals surface area contributed by atoms with Gasteiger partial charge in [0.1, 0.15) is 6.34 Å². The van der Waals surface area contributed by atoms with Crippen molar-refractivity contribution in [1.82, 2.24) is 4.57 Å². The van der Waals surface area contributed by atoms with E-state index >= 15 is 0 Å².